The molecule has 5 heteroatoms. The first kappa shape index (κ1) is 15.4. The van der Waals surface area contributed by atoms with Crippen LogP contribution in [0.15, 0.2) is 52.3 Å². The van der Waals surface area contributed by atoms with Crippen molar-refractivity contribution in [3.05, 3.63) is 59.3 Å². The van der Waals surface area contributed by atoms with E-state index in [0.29, 0.717) is 0 Å². The molecule has 0 unspecified atom stereocenters. The van der Waals surface area contributed by atoms with Gasteiger partial charge in [0.15, 0.2) is 0 Å². The third-order valence-corrected chi connectivity index (χ3v) is 5.35. The highest BCUT2D eigenvalue weighted by atomic mass is 32.1. The summed E-state index contributed by atoms with van der Waals surface area (Å²) in [6, 6.07) is 14.7. The molecule has 0 saturated carbocycles. The van der Waals surface area contributed by atoms with Gasteiger partial charge in [-0.3, -0.25) is 4.90 Å². The Kier molecular flexibility index (Phi) is 4.36. The summed E-state index contributed by atoms with van der Waals surface area (Å²) in [4.78, 5) is 10.7. The van der Waals surface area contributed by atoms with Crippen molar-refractivity contribution in [1.29, 1.82) is 0 Å². The monoisotopic (exact) mass is 339 g/mol. The van der Waals surface area contributed by atoms with E-state index in [-0.39, 0.29) is 0 Å². The number of nitrogens with zero attached hydrogens (tertiary/aromatic N) is 3. The average molecular weight is 339 g/mol. The highest BCUT2D eigenvalue weighted by Crippen LogP contribution is 2.26. The maximum absolute atomic E-state index is 5.85. The van der Waals surface area contributed by atoms with Gasteiger partial charge in [-0.1, -0.05) is 24.3 Å². The number of hydrogen-bond donors (Lipinski definition) is 0. The smallest absolute Gasteiger partial charge is 0.236 e. The molecule has 0 atom stereocenters. The van der Waals surface area contributed by atoms with Crippen LogP contribution < -0.4 is 4.90 Å². The maximum Gasteiger partial charge on any atom is 0.236 e. The van der Waals surface area contributed by atoms with Gasteiger partial charge in [0.1, 0.15) is 5.76 Å². The van der Waals surface area contributed by atoms with Crippen molar-refractivity contribution in [3.8, 4) is 10.8 Å². The molecule has 1 aliphatic rings. The van der Waals surface area contributed by atoms with Crippen LogP contribution >= 0.6 is 11.3 Å². The number of hydrogen-bond acceptors (Lipinski definition) is 5. The third-order valence-electron chi connectivity index (χ3n) is 4.49. The number of rotatable bonds is 4. The van der Waals surface area contributed by atoms with Crippen LogP contribution in [0.4, 0.5) is 5.69 Å². The number of benzene rings is 1. The van der Waals surface area contributed by atoms with Crippen LogP contribution in [-0.2, 0) is 6.54 Å². The minimum atomic E-state index is 0.750. The molecule has 0 N–H and O–H groups in total. The zero-order chi connectivity index (χ0) is 16.4. The average Bonchev–Trinajstić information content (AvgIpc) is 3.27. The molecule has 0 spiro atoms. The predicted molar refractivity (Wildman–Crippen MR) is 98.5 cm³/mol. The van der Waals surface area contributed by atoms with Gasteiger partial charge in [0.25, 0.3) is 0 Å². The Labute approximate surface area is 146 Å². The number of oxazole rings is 1. The SMILES string of the molecule is Cc1oc(-c2cccs2)nc1CN1CCN(c2ccccc2)CC1. The fourth-order valence-electron chi connectivity index (χ4n) is 3.10. The van der Waals surface area contributed by atoms with Crippen molar-refractivity contribution >= 4 is 17.0 Å². The van der Waals surface area contributed by atoms with Crippen LogP contribution in [0.1, 0.15) is 11.5 Å². The van der Waals surface area contributed by atoms with Crippen LogP contribution in [0.2, 0.25) is 0 Å². The Morgan fingerprint density at radius 2 is 1.83 bits per heavy atom. The molecule has 4 rings (SSSR count). The lowest BCUT2D eigenvalue weighted by atomic mass is 10.2. The minimum Gasteiger partial charge on any atom is -0.440 e. The summed E-state index contributed by atoms with van der Waals surface area (Å²) in [6.45, 7) is 7.09. The van der Waals surface area contributed by atoms with Crippen LogP contribution in [0.5, 0.6) is 0 Å². The molecule has 1 saturated heterocycles. The second-order valence-electron chi connectivity index (χ2n) is 6.10. The van der Waals surface area contributed by atoms with Crippen LogP contribution in [0.3, 0.4) is 0 Å². The van der Waals surface area contributed by atoms with E-state index in [9.17, 15) is 0 Å². The summed E-state index contributed by atoms with van der Waals surface area (Å²) < 4.78 is 5.85. The molecule has 1 fully saturated rings. The summed E-state index contributed by atoms with van der Waals surface area (Å²) in [5.74, 6) is 1.68. The Hall–Kier alpha value is -2.11. The van der Waals surface area contributed by atoms with E-state index in [1.165, 1.54) is 5.69 Å². The lowest BCUT2D eigenvalue weighted by Gasteiger charge is -2.35. The molecule has 2 aromatic heterocycles. The first-order chi connectivity index (χ1) is 11.8. The summed E-state index contributed by atoms with van der Waals surface area (Å²) >= 11 is 1.67. The second-order valence-corrected chi connectivity index (χ2v) is 7.05. The molecule has 1 aliphatic heterocycles. The Morgan fingerprint density at radius 3 is 2.54 bits per heavy atom. The lowest BCUT2D eigenvalue weighted by molar-refractivity contribution is 0.246. The maximum atomic E-state index is 5.85. The molecule has 3 heterocycles. The number of anilines is 1. The Bertz CT molecular complexity index is 774. The zero-order valence-electron chi connectivity index (χ0n) is 13.8. The second kappa shape index (κ2) is 6.79. The lowest BCUT2D eigenvalue weighted by Crippen LogP contribution is -2.46. The van der Waals surface area contributed by atoms with E-state index in [4.69, 9.17) is 9.40 Å². The van der Waals surface area contributed by atoms with E-state index >= 15 is 0 Å². The van der Waals surface area contributed by atoms with Crippen molar-refractivity contribution in [2.24, 2.45) is 0 Å². The molecule has 124 valence electrons. The quantitative estimate of drug-likeness (QED) is 0.718. The van der Waals surface area contributed by atoms with Crippen LogP contribution in [0, 0.1) is 6.92 Å². The summed E-state index contributed by atoms with van der Waals surface area (Å²) in [6.07, 6.45) is 0. The summed E-state index contributed by atoms with van der Waals surface area (Å²) in [5, 5.41) is 2.05. The number of aryl methyl sites for hydroxylation is 1. The number of para-hydroxylation sites is 1. The summed E-state index contributed by atoms with van der Waals surface area (Å²) in [7, 11) is 0. The largest absolute Gasteiger partial charge is 0.440 e. The van der Waals surface area contributed by atoms with Gasteiger partial charge < -0.3 is 9.32 Å². The van der Waals surface area contributed by atoms with Gasteiger partial charge in [0.05, 0.1) is 10.6 Å². The standard InChI is InChI=1S/C19H21N3OS/c1-15-17(20-19(23-15)18-8-5-13-24-18)14-21-9-11-22(12-10-21)16-6-3-2-4-7-16/h2-8,13H,9-12,14H2,1H3. The molecule has 4 nitrogen and oxygen atoms in total. The van der Waals surface area contributed by atoms with Gasteiger partial charge in [0.2, 0.25) is 5.89 Å². The van der Waals surface area contributed by atoms with E-state index in [1.807, 2.05) is 13.0 Å². The van der Waals surface area contributed by atoms with Gasteiger partial charge in [-0.15, -0.1) is 11.3 Å². The molecule has 0 bridgehead atoms. The number of piperazine rings is 1. The normalized spacial score (nSPS) is 15.8. The summed E-state index contributed by atoms with van der Waals surface area (Å²) in [5.41, 5.74) is 2.38. The zero-order valence-corrected chi connectivity index (χ0v) is 14.6. The molecule has 24 heavy (non-hydrogen) atoms. The van der Waals surface area contributed by atoms with Gasteiger partial charge in [-0.25, -0.2) is 4.98 Å². The topological polar surface area (TPSA) is 32.5 Å². The first-order valence-corrected chi connectivity index (χ1v) is 9.20. The highest BCUT2D eigenvalue weighted by molar-refractivity contribution is 7.13. The minimum absolute atomic E-state index is 0.750. The van der Waals surface area contributed by atoms with Crippen molar-refractivity contribution in [2.75, 3.05) is 31.1 Å². The Balaban J connectivity index is 1.39. The third kappa shape index (κ3) is 3.23. The van der Waals surface area contributed by atoms with E-state index in [0.717, 1.165) is 54.9 Å². The highest BCUT2D eigenvalue weighted by Gasteiger charge is 2.20. The molecular weight excluding hydrogens is 318 g/mol. The van der Waals surface area contributed by atoms with Crippen molar-refractivity contribution < 1.29 is 4.42 Å². The van der Waals surface area contributed by atoms with Gasteiger partial charge in [-0.2, -0.15) is 0 Å². The van der Waals surface area contributed by atoms with E-state index in [1.54, 1.807) is 11.3 Å². The molecule has 0 amide bonds. The van der Waals surface area contributed by atoms with Crippen molar-refractivity contribution in [2.45, 2.75) is 13.5 Å². The van der Waals surface area contributed by atoms with Gasteiger partial charge in [-0.05, 0) is 30.5 Å². The fourth-order valence-corrected chi connectivity index (χ4v) is 3.74. The Morgan fingerprint density at radius 1 is 1.04 bits per heavy atom. The molecular formula is C19H21N3OS. The molecule has 0 aliphatic carbocycles. The molecule has 0 radical (unpaired) electrons. The first-order valence-electron chi connectivity index (χ1n) is 8.32. The van der Waals surface area contributed by atoms with E-state index in [2.05, 4.69) is 51.6 Å². The van der Waals surface area contributed by atoms with Crippen molar-refractivity contribution in [3.63, 3.8) is 0 Å². The number of aromatic nitrogens is 1. The van der Waals surface area contributed by atoms with Crippen LogP contribution in [0.25, 0.3) is 10.8 Å². The van der Waals surface area contributed by atoms with Crippen molar-refractivity contribution in [1.82, 2.24) is 9.88 Å². The van der Waals surface area contributed by atoms with Gasteiger partial charge in [0, 0.05) is 38.4 Å². The van der Waals surface area contributed by atoms with E-state index < -0.39 is 0 Å². The molecule has 3 aromatic rings. The predicted octanol–water partition coefficient (Wildman–Crippen LogP) is 4.03. The molecule has 1 aromatic carbocycles. The van der Waals surface area contributed by atoms with Gasteiger partial charge >= 0.3 is 0 Å². The number of thiophene rings is 1. The van der Waals surface area contributed by atoms with Crippen LogP contribution in [-0.4, -0.2) is 36.1 Å². The fraction of sp³-hybridized carbons (Fsp3) is 0.316.